The van der Waals surface area contributed by atoms with E-state index in [-0.39, 0.29) is 26.2 Å². The minimum Gasteiger partial charge on any atom is -0.214 e. The summed E-state index contributed by atoms with van der Waals surface area (Å²) in [5.41, 5.74) is 2.44. The van der Waals surface area contributed by atoms with Gasteiger partial charge >= 0.3 is 0 Å². The van der Waals surface area contributed by atoms with E-state index in [2.05, 4.69) is 48.6 Å². The molecule has 1 heteroatoms. The van der Waals surface area contributed by atoms with Crippen LogP contribution in [0.3, 0.4) is 0 Å². The molecule has 0 spiro atoms. The molecule has 0 bridgehead atoms. The van der Waals surface area contributed by atoms with Crippen LogP contribution in [0.15, 0.2) is 103 Å². The van der Waals surface area contributed by atoms with E-state index < -0.39 is 0 Å². The fraction of sp³-hybridized carbons (Fsp3) is 0. The van der Waals surface area contributed by atoms with Crippen molar-refractivity contribution < 1.29 is 26.2 Å². The Morgan fingerprint density at radius 2 is 0.955 bits per heavy atom. The molecule has 3 aromatic rings. The minimum absolute atomic E-state index is 0. The van der Waals surface area contributed by atoms with Crippen molar-refractivity contribution in [2.75, 3.05) is 0 Å². The number of rotatable bonds is 3. The first-order valence-corrected chi connectivity index (χ1v) is 7.07. The summed E-state index contributed by atoms with van der Waals surface area (Å²) in [6.45, 7) is 0. The molecule has 22 heavy (non-hydrogen) atoms. The predicted molar refractivity (Wildman–Crippen MR) is 93.0 cm³/mol. The second-order valence-electron chi connectivity index (χ2n) is 4.50. The van der Waals surface area contributed by atoms with Crippen molar-refractivity contribution >= 4 is 12.2 Å². The van der Waals surface area contributed by atoms with Crippen molar-refractivity contribution in [3.63, 3.8) is 0 Å². The molecule has 0 aliphatic rings. The van der Waals surface area contributed by atoms with E-state index in [1.807, 2.05) is 66.7 Å². The Hall–Kier alpha value is -1.85. The van der Waals surface area contributed by atoms with Gasteiger partial charge in [-0.25, -0.2) is 12.1 Å². The zero-order valence-electron chi connectivity index (χ0n) is 12.5. The Morgan fingerprint density at radius 1 is 0.545 bits per heavy atom. The van der Waals surface area contributed by atoms with Crippen molar-refractivity contribution in [3.8, 4) is 0 Å². The van der Waals surface area contributed by atoms with Gasteiger partial charge in [-0.1, -0.05) is 85.0 Å². The third-order valence-corrected chi connectivity index (χ3v) is 2.84. The molecule has 0 nitrogen and oxygen atoms in total. The van der Waals surface area contributed by atoms with Crippen LogP contribution in [0.1, 0.15) is 11.1 Å². The number of allylic oxidation sites excluding steroid dienone is 2. The molecule has 0 aliphatic carbocycles. The van der Waals surface area contributed by atoms with Crippen LogP contribution in [0, 0.1) is 0 Å². The van der Waals surface area contributed by atoms with Gasteiger partial charge in [0.05, 0.1) is 0 Å². The van der Waals surface area contributed by atoms with Gasteiger partial charge in [0.25, 0.3) is 0 Å². The van der Waals surface area contributed by atoms with Gasteiger partial charge in [0.15, 0.2) is 0 Å². The third-order valence-electron chi connectivity index (χ3n) is 2.84. The van der Waals surface area contributed by atoms with Gasteiger partial charge in [-0.3, -0.25) is 0 Å². The van der Waals surface area contributed by atoms with Crippen LogP contribution in [-0.4, -0.2) is 0 Å². The maximum absolute atomic E-state index is 2.10. The van der Waals surface area contributed by atoms with Crippen molar-refractivity contribution in [2.24, 2.45) is 0 Å². The van der Waals surface area contributed by atoms with Gasteiger partial charge in [0, 0.05) is 26.2 Å². The quantitative estimate of drug-likeness (QED) is 0.407. The van der Waals surface area contributed by atoms with E-state index >= 15 is 0 Å². The standard InChI is InChI=1S/C16H14.C5H5.Zr/c1-3-9-15(10-4-1)13-7-8-14-16-11-5-2-6-12-16;1-2-4-5-3-1;/h1-14H;1-5H;/q;-1;. The molecule has 0 saturated heterocycles. The van der Waals surface area contributed by atoms with Crippen LogP contribution in [-0.2, 0) is 26.2 Å². The summed E-state index contributed by atoms with van der Waals surface area (Å²) < 4.78 is 0. The second-order valence-corrected chi connectivity index (χ2v) is 4.50. The van der Waals surface area contributed by atoms with Crippen LogP contribution >= 0.6 is 0 Å². The molecule has 0 aliphatic heterocycles. The molecule has 0 heterocycles. The van der Waals surface area contributed by atoms with Gasteiger partial charge < -0.3 is 0 Å². The summed E-state index contributed by atoms with van der Waals surface area (Å²) in [5, 5.41) is 0. The molecule has 0 radical (unpaired) electrons. The van der Waals surface area contributed by atoms with Crippen LogP contribution in [0.2, 0.25) is 0 Å². The fourth-order valence-electron chi connectivity index (χ4n) is 1.78. The maximum Gasteiger partial charge on any atom is 0 e. The Labute approximate surface area is 152 Å². The third kappa shape index (κ3) is 7.81. The smallest absolute Gasteiger partial charge is 0 e. The van der Waals surface area contributed by atoms with Crippen molar-refractivity contribution in [1.29, 1.82) is 0 Å². The first kappa shape index (κ1) is 18.2. The number of hydrogen-bond acceptors (Lipinski definition) is 0. The van der Waals surface area contributed by atoms with E-state index in [4.69, 9.17) is 0 Å². The summed E-state index contributed by atoms with van der Waals surface area (Å²) in [6, 6.07) is 30.6. The molecule has 0 unspecified atom stereocenters. The predicted octanol–water partition coefficient (Wildman–Crippen LogP) is 5.82. The molecule has 0 N–H and O–H groups in total. The zero-order chi connectivity index (χ0) is 14.6. The van der Waals surface area contributed by atoms with E-state index in [9.17, 15) is 0 Å². The first-order chi connectivity index (χ1) is 10.4. The topological polar surface area (TPSA) is 0 Å². The zero-order valence-corrected chi connectivity index (χ0v) is 14.9. The molecular formula is C21H19Zr-. The molecule has 0 fully saturated rings. The fourth-order valence-corrected chi connectivity index (χ4v) is 1.78. The molecule has 0 amide bonds. The summed E-state index contributed by atoms with van der Waals surface area (Å²) in [6.07, 6.45) is 8.31. The molecule has 3 rings (SSSR count). The monoisotopic (exact) mass is 361 g/mol. The Kier molecular flexibility index (Phi) is 9.74. The minimum atomic E-state index is 0. The number of benzene rings is 2. The van der Waals surface area contributed by atoms with Crippen molar-refractivity contribution in [3.05, 3.63) is 114 Å². The van der Waals surface area contributed by atoms with E-state index in [0.29, 0.717) is 0 Å². The Morgan fingerprint density at radius 3 is 1.27 bits per heavy atom. The molecular weight excluding hydrogens is 343 g/mol. The molecule has 0 aromatic heterocycles. The number of hydrogen-bond donors (Lipinski definition) is 0. The van der Waals surface area contributed by atoms with Gasteiger partial charge in [0.1, 0.15) is 0 Å². The summed E-state index contributed by atoms with van der Waals surface area (Å²) in [5.74, 6) is 0. The molecule has 108 valence electrons. The van der Waals surface area contributed by atoms with Gasteiger partial charge in [0.2, 0.25) is 0 Å². The SMILES string of the molecule is C(C=Cc1ccccc1)=Cc1ccccc1.[Zr].c1cc[cH-]c1. The average Bonchev–Trinajstić information content (AvgIpc) is 3.13. The van der Waals surface area contributed by atoms with Gasteiger partial charge in [-0.2, -0.15) is 18.2 Å². The summed E-state index contributed by atoms with van der Waals surface area (Å²) in [7, 11) is 0. The Bertz CT molecular complexity index is 570. The summed E-state index contributed by atoms with van der Waals surface area (Å²) in [4.78, 5) is 0. The Balaban J connectivity index is 0.000000344. The summed E-state index contributed by atoms with van der Waals surface area (Å²) >= 11 is 0. The van der Waals surface area contributed by atoms with Crippen molar-refractivity contribution in [1.82, 2.24) is 0 Å². The van der Waals surface area contributed by atoms with E-state index in [0.717, 1.165) is 0 Å². The second kappa shape index (κ2) is 11.8. The first-order valence-electron chi connectivity index (χ1n) is 7.07. The van der Waals surface area contributed by atoms with Crippen LogP contribution in [0.4, 0.5) is 0 Å². The molecule has 0 saturated carbocycles. The maximum atomic E-state index is 2.10. The average molecular weight is 363 g/mol. The van der Waals surface area contributed by atoms with Crippen LogP contribution in [0.25, 0.3) is 12.2 Å². The van der Waals surface area contributed by atoms with E-state index in [1.165, 1.54) is 11.1 Å². The van der Waals surface area contributed by atoms with Crippen LogP contribution in [0.5, 0.6) is 0 Å². The van der Waals surface area contributed by atoms with Gasteiger partial charge in [-0.15, -0.1) is 0 Å². The largest absolute Gasteiger partial charge is 0.214 e. The van der Waals surface area contributed by atoms with Gasteiger partial charge in [-0.05, 0) is 11.1 Å². The normalized spacial score (nSPS) is 10.0. The van der Waals surface area contributed by atoms with E-state index in [1.54, 1.807) is 0 Å². The molecule has 0 atom stereocenters. The van der Waals surface area contributed by atoms with Crippen LogP contribution < -0.4 is 0 Å². The van der Waals surface area contributed by atoms with Crippen molar-refractivity contribution in [2.45, 2.75) is 0 Å². The molecule has 3 aromatic carbocycles.